The van der Waals surface area contributed by atoms with Crippen LogP contribution in [0.2, 0.25) is 0 Å². The van der Waals surface area contributed by atoms with Crippen LogP contribution in [0.3, 0.4) is 0 Å². The molecule has 21 heavy (non-hydrogen) atoms. The fourth-order valence-electron chi connectivity index (χ4n) is 2.54. The number of nitrogens with zero attached hydrogens (tertiary/aromatic N) is 1. The summed E-state index contributed by atoms with van der Waals surface area (Å²) in [5, 5.41) is 2.93. The number of nitrogens with one attached hydrogen (secondary N) is 1. The number of piperidine rings is 1. The molecule has 0 saturated carbocycles. The zero-order valence-corrected chi connectivity index (χ0v) is 13.6. The van der Waals surface area contributed by atoms with E-state index in [1.54, 1.807) is 0 Å². The van der Waals surface area contributed by atoms with Crippen LogP contribution >= 0.6 is 15.9 Å². The Morgan fingerprint density at radius 1 is 1.29 bits per heavy atom. The third-order valence-electron chi connectivity index (χ3n) is 3.91. The van der Waals surface area contributed by atoms with Crippen LogP contribution in [0, 0.1) is 5.92 Å². The molecule has 0 unspecified atom stereocenters. The van der Waals surface area contributed by atoms with Crippen molar-refractivity contribution in [1.82, 2.24) is 4.90 Å². The molecular weight excluding hydrogens is 345 g/mol. The smallest absolute Gasteiger partial charge is 0.383 e. The zero-order chi connectivity index (χ0) is 15.5. The molecule has 0 aliphatic carbocycles. The van der Waals surface area contributed by atoms with Gasteiger partial charge in [-0.05, 0) is 50.0 Å². The van der Waals surface area contributed by atoms with E-state index in [0.29, 0.717) is 11.0 Å². The maximum atomic E-state index is 12.9. The fourth-order valence-corrected chi connectivity index (χ4v) is 2.91. The number of alkyl halides is 3. The van der Waals surface area contributed by atoms with Gasteiger partial charge in [0.2, 0.25) is 0 Å². The standard InChI is InChI=1S/C15H20BrF3N2/c1-11-4-7-21(8-5-11)9-6-20-14-10-12(16)2-3-13(14)15(17,18)19/h2-3,10-11,20H,4-9H2,1H3. The van der Waals surface area contributed by atoms with Crippen molar-refractivity contribution < 1.29 is 13.2 Å². The van der Waals surface area contributed by atoms with Crippen LogP contribution in [-0.2, 0) is 6.18 Å². The first-order valence-corrected chi connectivity index (χ1v) is 7.98. The molecule has 1 heterocycles. The van der Waals surface area contributed by atoms with Crippen molar-refractivity contribution in [1.29, 1.82) is 0 Å². The van der Waals surface area contributed by atoms with Crippen LogP contribution < -0.4 is 5.32 Å². The lowest BCUT2D eigenvalue weighted by Gasteiger charge is -2.30. The lowest BCUT2D eigenvalue weighted by Crippen LogP contribution is -2.36. The number of hydrogen-bond donors (Lipinski definition) is 1. The molecule has 1 aliphatic rings. The van der Waals surface area contributed by atoms with Crippen LogP contribution in [0.25, 0.3) is 0 Å². The average molecular weight is 365 g/mol. The molecule has 1 N–H and O–H groups in total. The third kappa shape index (κ3) is 4.88. The minimum absolute atomic E-state index is 0.141. The highest BCUT2D eigenvalue weighted by Crippen LogP contribution is 2.36. The highest BCUT2D eigenvalue weighted by atomic mass is 79.9. The second-order valence-corrected chi connectivity index (χ2v) is 6.55. The Hall–Kier alpha value is -0.750. The van der Waals surface area contributed by atoms with Gasteiger partial charge in [-0.1, -0.05) is 22.9 Å². The Bertz CT molecular complexity index is 468. The monoisotopic (exact) mass is 364 g/mol. The predicted octanol–water partition coefficient (Wildman–Crippen LogP) is 4.61. The minimum Gasteiger partial charge on any atom is -0.383 e. The summed E-state index contributed by atoms with van der Waals surface area (Å²) in [7, 11) is 0. The van der Waals surface area contributed by atoms with Crippen molar-refractivity contribution in [2.24, 2.45) is 5.92 Å². The SMILES string of the molecule is CC1CCN(CCNc2cc(Br)ccc2C(F)(F)F)CC1. The van der Waals surface area contributed by atoms with E-state index in [2.05, 4.69) is 33.1 Å². The minimum atomic E-state index is -4.33. The van der Waals surface area contributed by atoms with Gasteiger partial charge in [0.15, 0.2) is 0 Å². The molecule has 0 amide bonds. The topological polar surface area (TPSA) is 15.3 Å². The van der Waals surface area contributed by atoms with Gasteiger partial charge in [0.25, 0.3) is 0 Å². The molecule has 6 heteroatoms. The lowest BCUT2D eigenvalue weighted by atomic mass is 9.99. The quantitative estimate of drug-likeness (QED) is 0.838. The third-order valence-corrected chi connectivity index (χ3v) is 4.40. The summed E-state index contributed by atoms with van der Waals surface area (Å²) in [6.45, 7) is 5.61. The summed E-state index contributed by atoms with van der Waals surface area (Å²) in [6.07, 6.45) is -1.99. The van der Waals surface area contributed by atoms with Crippen molar-refractivity contribution in [3.8, 4) is 0 Å². The fraction of sp³-hybridized carbons (Fsp3) is 0.600. The second-order valence-electron chi connectivity index (χ2n) is 5.64. The van der Waals surface area contributed by atoms with Crippen molar-refractivity contribution in [2.75, 3.05) is 31.5 Å². The van der Waals surface area contributed by atoms with E-state index in [9.17, 15) is 13.2 Å². The Morgan fingerprint density at radius 2 is 1.95 bits per heavy atom. The first-order valence-electron chi connectivity index (χ1n) is 7.19. The average Bonchev–Trinajstić information content (AvgIpc) is 2.40. The molecule has 0 aromatic heterocycles. The number of hydrogen-bond acceptors (Lipinski definition) is 2. The van der Waals surface area contributed by atoms with Crippen LogP contribution in [-0.4, -0.2) is 31.1 Å². The van der Waals surface area contributed by atoms with E-state index in [1.807, 2.05) is 0 Å². The molecule has 1 fully saturated rings. The maximum absolute atomic E-state index is 12.9. The first kappa shape index (κ1) is 16.6. The summed E-state index contributed by atoms with van der Waals surface area (Å²) in [5.41, 5.74) is -0.472. The van der Waals surface area contributed by atoms with E-state index in [-0.39, 0.29) is 5.69 Å². The summed E-state index contributed by atoms with van der Waals surface area (Å²) < 4.78 is 39.5. The van der Waals surface area contributed by atoms with Crippen LogP contribution in [0.4, 0.5) is 18.9 Å². The number of anilines is 1. The van der Waals surface area contributed by atoms with Crippen molar-refractivity contribution in [3.05, 3.63) is 28.2 Å². The zero-order valence-electron chi connectivity index (χ0n) is 12.0. The highest BCUT2D eigenvalue weighted by molar-refractivity contribution is 9.10. The normalized spacial score (nSPS) is 18.0. The van der Waals surface area contributed by atoms with Crippen LogP contribution in [0.1, 0.15) is 25.3 Å². The number of likely N-dealkylation sites (tertiary alicyclic amines) is 1. The Balaban J connectivity index is 1.92. The van der Waals surface area contributed by atoms with Crippen LogP contribution in [0.15, 0.2) is 22.7 Å². The predicted molar refractivity (Wildman–Crippen MR) is 82.5 cm³/mol. The molecule has 0 atom stereocenters. The first-order chi connectivity index (χ1) is 9.86. The Labute approximate surface area is 131 Å². The lowest BCUT2D eigenvalue weighted by molar-refractivity contribution is -0.137. The van der Waals surface area contributed by atoms with Gasteiger partial charge in [-0.15, -0.1) is 0 Å². The van der Waals surface area contributed by atoms with E-state index in [4.69, 9.17) is 0 Å². The van der Waals surface area contributed by atoms with Gasteiger partial charge >= 0.3 is 6.18 Å². The van der Waals surface area contributed by atoms with Crippen LogP contribution in [0.5, 0.6) is 0 Å². The van der Waals surface area contributed by atoms with Gasteiger partial charge in [-0.2, -0.15) is 13.2 Å². The molecular formula is C15H20BrF3N2. The van der Waals surface area contributed by atoms with E-state index in [1.165, 1.54) is 25.0 Å². The Kier molecular flexibility index (Phi) is 5.54. The molecule has 1 saturated heterocycles. The van der Waals surface area contributed by atoms with E-state index in [0.717, 1.165) is 31.6 Å². The van der Waals surface area contributed by atoms with Gasteiger partial charge < -0.3 is 10.2 Å². The summed E-state index contributed by atoms with van der Waals surface area (Å²) in [5.74, 6) is 0.760. The molecule has 0 radical (unpaired) electrons. The summed E-state index contributed by atoms with van der Waals surface area (Å²) >= 11 is 3.22. The molecule has 118 valence electrons. The number of halogens is 4. The van der Waals surface area contributed by atoms with Crippen molar-refractivity contribution in [3.63, 3.8) is 0 Å². The number of benzene rings is 1. The van der Waals surface area contributed by atoms with Crippen molar-refractivity contribution >= 4 is 21.6 Å². The van der Waals surface area contributed by atoms with E-state index >= 15 is 0 Å². The second kappa shape index (κ2) is 7.01. The molecule has 1 aromatic rings. The largest absolute Gasteiger partial charge is 0.418 e. The molecule has 0 bridgehead atoms. The van der Waals surface area contributed by atoms with Gasteiger partial charge in [-0.25, -0.2) is 0 Å². The summed E-state index contributed by atoms with van der Waals surface area (Å²) in [4.78, 5) is 2.30. The van der Waals surface area contributed by atoms with Gasteiger partial charge in [0, 0.05) is 23.2 Å². The van der Waals surface area contributed by atoms with Gasteiger partial charge in [-0.3, -0.25) is 0 Å². The molecule has 1 aromatic carbocycles. The highest BCUT2D eigenvalue weighted by Gasteiger charge is 2.33. The number of rotatable bonds is 4. The Morgan fingerprint density at radius 3 is 2.57 bits per heavy atom. The van der Waals surface area contributed by atoms with Crippen molar-refractivity contribution in [2.45, 2.75) is 25.9 Å². The van der Waals surface area contributed by atoms with Gasteiger partial charge in [0.1, 0.15) is 0 Å². The summed E-state index contributed by atoms with van der Waals surface area (Å²) in [6, 6.07) is 4.01. The molecule has 2 nitrogen and oxygen atoms in total. The van der Waals surface area contributed by atoms with E-state index < -0.39 is 11.7 Å². The molecule has 2 rings (SSSR count). The molecule has 1 aliphatic heterocycles. The molecule has 0 spiro atoms. The maximum Gasteiger partial charge on any atom is 0.418 e. The van der Waals surface area contributed by atoms with Gasteiger partial charge in [0.05, 0.1) is 5.56 Å².